The first kappa shape index (κ1) is 12.8. The highest BCUT2D eigenvalue weighted by atomic mass is 19.4. The first-order valence-electron chi connectivity index (χ1n) is 5.46. The van der Waals surface area contributed by atoms with E-state index in [9.17, 15) is 13.2 Å². The fraction of sp³-hybridized carbons (Fsp3) is 1.00. The number of hydrogen-bond acceptors (Lipinski definition) is 2. The first-order valence-corrected chi connectivity index (χ1v) is 5.46. The van der Waals surface area contributed by atoms with Gasteiger partial charge in [-0.15, -0.1) is 0 Å². The molecule has 0 aliphatic carbocycles. The zero-order valence-electron chi connectivity index (χ0n) is 9.11. The van der Waals surface area contributed by atoms with Crippen LogP contribution in [0.5, 0.6) is 0 Å². The number of alkyl halides is 3. The second-order valence-corrected chi connectivity index (χ2v) is 4.29. The summed E-state index contributed by atoms with van der Waals surface area (Å²) in [6.07, 6.45) is 0.124. The molecule has 1 rings (SSSR count). The first-order chi connectivity index (χ1) is 6.97. The largest absolute Gasteiger partial charge is 0.401 e. The highest BCUT2D eigenvalue weighted by Crippen LogP contribution is 2.16. The Morgan fingerprint density at radius 3 is 2.67 bits per heavy atom. The number of nitrogens with one attached hydrogen (secondary N) is 1. The van der Waals surface area contributed by atoms with Crippen LogP contribution in [-0.4, -0.2) is 43.8 Å². The molecule has 1 unspecified atom stereocenters. The maximum absolute atomic E-state index is 12.0. The molecule has 0 spiro atoms. The van der Waals surface area contributed by atoms with Gasteiger partial charge in [0.05, 0.1) is 6.54 Å². The highest BCUT2D eigenvalue weighted by molar-refractivity contribution is 4.74. The Kier molecular flexibility index (Phi) is 4.86. The lowest BCUT2D eigenvalue weighted by atomic mass is 10.1. The van der Waals surface area contributed by atoms with Gasteiger partial charge in [0.15, 0.2) is 0 Å². The van der Waals surface area contributed by atoms with E-state index in [0.717, 1.165) is 19.4 Å². The summed E-state index contributed by atoms with van der Waals surface area (Å²) in [5.41, 5.74) is 0. The van der Waals surface area contributed by atoms with Crippen LogP contribution < -0.4 is 5.32 Å². The average molecular weight is 224 g/mol. The Balaban J connectivity index is 2.03. The van der Waals surface area contributed by atoms with Crippen LogP contribution >= 0.6 is 0 Å². The number of rotatable bonds is 5. The monoisotopic (exact) mass is 224 g/mol. The van der Waals surface area contributed by atoms with Crippen molar-refractivity contribution in [1.29, 1.82) is 0 Å². The molecule has 1 heterocycles. The number of halogens is 3. The maximum Gasteiger partial charge on any atom is 0.401 e. The average Bonchev–Trinajstić information content (AvgIpc) is 2.53. The Morgan fingerprint density at radius 1 is 1.40 bits per heavy atom. The van der Waals surface area contributed by atoms with E-state index in [-0.39, 0.29) is 0 Å². The zero-order chi connectivity index (χ0) is 11.3. The molecule has 1 N–H and O–H groups in total. The summed E-state index contributed by atoms with van der Waals surface area (Å²) in [6.45, 7) is 0.784. The van der Waals surface area contributed by atoms with Gasteiger partial charge >= 0.3 is 6.18 Å². The minimum absolute atomic E-state index is 0.525. The molecule has 0 bridgehead atoms. The molecule has 0 amide bonds. The molecule has 5 heteroatoms. The van der Waals surface area contributed by atoms with Crippen LogP contribution in [0.4, 0.5) is 13.2 Å². The minimum Gasteiger partial charge on any atom is -0.314 e. The molecule has 1 aliphatic rings. The third kappa shape index (κ3) is 5.99. The Bertz CT molecular complexity index is 176. The Hall–Kier alpha value is -0.290. The van der Waals surface area contributed by atoms with E-state index in [2.05, 4.69) is 5.32 Å². The molecule has 0 aromatic carbocycles. The lowest BCUT2D eigenvalue weighted by Crippen LogP contribution is -2.32. The van der Waals surface area contributed by atoms with E-state index in [0.29, 0.717) is 12.6 Å². The van der Waals surface area contributed by atoms with Crippen molar-refractivity contribution in [2.45, 2.75) is 37.9 Å². The second kappa shape index (κ2) is 5.70. The summed E-state index contributed by atoms with van der Waals surface area (Å²) in [5.74, 6) is 0. The van der Waals surface area contributed by atoms with Crippen molar-refractivity contribution in [3.8, 4) is 0 Å². The predicted octanol–water partition coefficient (Wildman–Crippen LogP) is 2.01. The quantitative estimate of drug-likeness (QED) is 0.768. The highest BCUT2D eigenvalue weighted by Gasteiger charge is 2.28. The molecule has 90 valence electrons. The molecule has 1 aliphatic heterocycles. The Labute approximate surface area is 88.8 Å². The fourth-order valence-corrected chi connectivity index (χ4v) is 2.00. The van der Waals surface area contributed by atoms with E-state index in [1.807, 2.05) is 0 Å². The summed E-state index contributed by atoms with van der Waals surface area (Å²) in [4.78, 5) is 1.34. The molecule has 15 heavy (non-hydrogen) atoms. The van der Waals surface area contributed by atoms with Gasteiger partial charge in [-0.1, -0.05) is 0 Å². The summed E-state index contributed by atoms with van der Waals surface area (Å²) in [5, 5.41) is 3.34. The van der Waals surface area contributed by atoms with E-state index in [1.54, 1.807) is 0 Å². The zero-order valence-corrected chi connectivity index (χ0v) is 9.11. The molecular formula is C10H19F3N2. The van der Waals surface area contributed by atoms with Crippen LogP contribution in [-0.2, 0) is 0 Å². The lowest BCUT2D eigenvalue weighted by molar-refractivity contribution is -0.143. The lowest BCUT2D eigenvalue weighted by Gasteiger charge is -2.19. The van der Waals surface area contributed by atoms with Gasteiger partial charge in [0.1, 0.15) is 0 Å². The smallest absolute Gasteiger partial charge is 0.314 e. The van der Waals surface area contributed by atoms with E-state index in [4.69, 9.17) is 0 Å². The minimum atomic E-state index is -4.07. The molecular weight excluding hydrogens is 205 g/mol. The molecule has 0 radical (unpaired) electrons. The van der Waals surface area contributed by atoms with Crippen LogP contribution in [0.3, 0.4) is 0 Å². The Morgan fingerprint density at radius 2 is 2.13 bits per heavy atom. The van der Waals surface area contributed by atoms with Gasteiger partial charge in [0.2, 0.25) is 0 Å². The molecule has 0 saturated carbocycles. The second-order valence-electron chi connectivity index (χ2n) is 4.29. The van der Waals surface area contributed by atoms with Crippen molar-refractivity contribution in [1.82, 2.24) is 10.2 Å². The SMILES string of the molecule is CN(CCCC1CCCN1)CC(F)(F)F. The summed E-state index contributed by atoms with van der Waals surface area (Å²) < 4.78 is 35.9. The van der Waals surface area contributed by atoms with Crippen molar-refractivity contribution < 1.29 is 13.2 Å². The van der Waals surface area contributed by atoms with Crippen LogP contribution in [0.2, 0.25) is 0 Å². The predicted molar refractivity (Wildman–Crippen MR) is 53.8 cm³/mol. The van der Waals surface area contributed by atoms with E-state index >= 15 is 0 Å². The van der Waals surface area contributed by atoms with Gasteiger partial charge in [-0.05, 0) is 45.8 Å². The van der Waals surface area contributed by atoms with Gasteiger partial charge in [0, 0.05) is 6.04 Å². The maximum atomic E-state index is 12.0. The summed E-state index contributed by atoms with van der Waals surface area (Å²) in [6, 6.07) is 0.532. The van der Waals surface area contributed by atoms with Crippen LogP contribution in [0.25, 0.3) is 0 Å². The molecule has 0 aromatic heterocycles. The topological polar surface area (TPSA) is 15.3 Å². The van der Waals surface area contributed by atoms with Crippen LogP contribution in [0, 0.1) is 0 Å². The van der Waals surface area contributed by atoms with Crippen molar-refractivity contribution in [2.24, 2.45) is 0 Å². The van der Waals surface area contributed by atoms with Crippen molar-refractivity contribution in [3.05, 3.63) is 0 Å². The number of nitrogens with zero attached hydrogens (tertiary/aromatic N) is 1. The van der Waals surface area contributed by atoms with Gasteiger partial charge in [-0.25, -0.2) is 0 Å². The third-order valence-electron chi connectivity index (χ3n) is 2.70. The van der Waals surface area contributed by atoms with Gasteiger partial charge in [0.25, 0.3) is 0 Å². The van der Waals surface area contributed by atoms with Crippen molar-refractivity contribution >= 4 is 0 Å². The third-order valence-corrected chi connectivity index (χ3v) is 2.70. The van der Waals surface area contributed by atoms with Crippen molar-refractivity contribution in [3.63, 3.8) is 0 Å². The summed E-state index contributed by atoms with van der Waals surface area (Å²) >= 11 is 0. The molecule has 1 saturated heterocycles. The number of hydrogen-bond donors (Lipinski definition) is 1. The van der Waals surface area contributed by atoms with E-state index in [1.165, 1.54) is 24.8 Å². The van der Waals surface area contributed by atoms with Crippen LogP contribution in [0.1, 0.15) is 25.7 Å². The summed E-state index contributed by atoms with van der Waals surface area (Å²) in [7, 11) is 1.52. The normalized spacial score (nSPS) is 22.6. The standard InChI is InChI=1S/C10H19F3N2/c1-15(8-10(11,12)13)7-3-5-9-4-2-6-14-9/h9,14H,2-8H2,1H3. The van der Waals surface area contributed by atoms with Gasteiger partial charge in [-0.2, -0.15) is 13.2 Å². The van der Waals surface area contributed by atoms with Gasteiger partial charge in [-0.3, -0.25) is 4.90 Å². The fourth-order valence-electron chi connectivity index (χ4n) is 2.00. The molecule has 0 aromatic rings. The van der Waals surface area contributed by atoms with Crippen molar-refractivity contribution in [2.75, 3.05) is 26.7 Å². The molecule has 2 nitrogen and oxygen atoms in total. The molecule has 1 atom stereocenters. The molecule has 1 fully saturated rings. The van der Waals surface area contributed by atoms with E-state index < -0.39 is 12.7 Å². The van der Waals surface area contributed by atoms with Gasteiger partial charge < -0.3 is 5.32 Å². The van der Waals surface area contributed by atoms with Crippen LogP contribution in [0.15, 0.2) is 0 Å².